The van der Waals surface area contributed by atoms with E-state index in [4.69, 9.17) is 5.73 Å². The molecule has 2 N–H and O–H groups in total. The third-order valence-corrected chi connectivity index (χ3v) is 2.81. The highest BCUT2D eigenvalue weighted by atomic mass is 19.4. The van der Waals surface area contributed by atoms with E-state index in [9.17, 15) is 13.2 Å². The molecule has 0 heterocycles. The zero-order chi connectivity index (χ0) is 12.5. The molecule has 2 aromatic rings. The monoisotopic (exact) mass is 239 g/mol. The Morgan fingerprint density at radius 3 is 2.24 bits per heavy atom. The Morgan fingerprint density at radius 2 is 1.65 bits per heavy atom. The molecule has 0 fully saturated rings. The van der Waals surface area contributed by atoms with Gasteiger partial charge < -0.3 is 5.73 Å². The van der Waals surface area contributed by atoms with E-state index in [2.05, 4.69) is 0 Å². The van der Waals surface area contributed by atoms with Crippen molar-refractivity contribution in [2.24, 2.45) is 5.73 Å². The summed E-state index contributed by atoms with van der Waals surface area (Å²) in [5, 5.41) is 1.72. The number of fused-ring (bicyclic) bond motifs is 1. The summed E-state index contributed by atoms with van der Waals surface area (Å²) >= 11 is 0. The quantitative estimate of drug-likeness (QED) is 0.853. The third kappa shape index (κ3) is 2.42. The van der Waals surface area contributed by atoms with Crippen LogP contribution in [0.1, 0.15) is 11.5 Å². The number of benzene rings is 2. The van der Waals surface area contributed by atoms with Gasteiger partial charge in [-0.2, -0.15) is 13.2 Å². The van der Waals surface area contributed by atoms with Gasteiger partial charge in [0.05, 0.1) is 5.92 Å². The molecule has 0 saturated carbocycles. The van der Waals surface area contributed by atoms with Gasteiger partial charge in [0.25, 0.3) is 0 Å². The highest BCUT2D eigenvalue weighted by molar-refractivity contribution is 5.83. The highest BCUT2D eigenvalue weighted by Crippen LogP contribution is 2.35. The summed E-state index contributed by atoms with van der Waals surface area (Å²) < 4.78 is 38.2. The molecule has 0 aliphatic rings. The van der Waals surface area contributed by atoms with Gasteiger partial charge in [-0.3, -0.25) is 0 Å². The second-order valence-electron chi connectivity index (χ2n) is 3.94. The summed E-state index contributed by atoms with van der Waals surface area (Å²) in [4.78, 5) is 0. The highest BCUT2D eigenvalue weighted by Gasteiger charge is 2.39. The van der Waals surface area contributed by atoms with Gasteiger partial charge in [-0.15, -0.1) is 0 Å². The Labute approximate surface area is 97.0 Å². The average molecular weight is 239 g/mol. The molecule has 2 rings (SSSR count). The smallest absolute Gasteiger partial charge is 0.330 e. The molecule has 0 bridgehead atoms. The Bertz CT molecular complexity index is 519. The van der Waals surface area contributed by atoms with Gasteiger partial charge in [0, 0.05) is 6.54 Å². The Kier molecular flexibility index (Phi) is 3.07. The standard InChI is InChI=1S/C13H12F3N/c14-13(15,16)12(8-17)11-6-5-9-3-1-2-4-10(9)7-11/h1-7,12H,8,17H2. The summed E-state index contributed by atoms with van der Waals surface area (Å²) in [6.07, 6.45) is -4.29. The molecule has 0 aliphatic carbocycles. The van der Waals surface area contributed by atoms with Gasteiger partial charge >= 0.3 is 6.18 Å². The predicted molar refractivity (Wildman–Crippen MR) is 61.8 cm³/mol. The first-order valence-electron chi connectivity index (χ1n) is 5.28. The lowest BCUT2D eigenvalue weighted by Gasteiger charge is -2.19. The summed E-state index contributed by atoms with van der Waals surface area (Å²) in [7, 11) is 0. The van der Waals surface area contributed by atoms with Crippen molar-refractivity contribution < 1.29 is 13.2 Å². The zero-order valence-corrected chi connectivity index (χ0v) is 9.04. The van der Waals surface area contributed by atoms with Crippen LogP contribution < -0.4 is 5.73 Å². The maximum atomic E-state index is 12.7. The number of rotatable bonds is 2. The molecule has 1 unspecified atom stereocenters. The minimum Gasteiger partial charge on any atom is -0.330 e. The second-order valence-corrected chi connectivity index (χ2v) is 3.94. The van der Waals surface area contributed by atoms with E-state index in [-0.39, 0.29) is 5.56 Å². The first-order valence-corrected chi connectivity index (χ1v) is 5.28. The molecular weight excluding hydrogens is 227 g/mol. The molecule has 90 valence electrons. The lowest BCUT2D eigenvalue weighted by molar-refractivity contribution is -0.148. The van der Waals surface area contributed by atoms with Gasteiger partial charge in [-0.1, -0.05) is 42.5 Å². The predicted octanol–water partition coefficient (Wildman–Crippen LogP) is 3.44. The number of alkyl halides is 3. The minimum atomic E-state index is -4.29. The van der Waals surface area contributed by atoms with Crippen molar-refractivity contribution in [2.45, 2.75) is 12.1 Å². The average Bonchev–Trinajstić information content (AvgIpc) is 2.28. The fraction of sp³-hybridized carbons (Fsp3) is 0.231. The molecule has 17 heavy (non-hydrogen) atoms. The van der Waals surface area contributed by atoms with Crippen molar-refractivity contribution in [3.8, 4) is 0 Å². The van der Waals surface area contributed by atoms with Crippen molar-refractivity contribution in [1.29, 1.82) is 0 Å². The van der Waals surface area contributed by atoms with Gasteiger partial charge in [0.1, 0.15) is 0 Å². The van der Waals surface area contributed by atoms with Gasteiger partial charge in [0.15, 0.2) is 0 Å². The maximum Gasteiger partial charge on any atom is 0.396 e. The normalized spacial score (nSPS) is 13.9. The first kappa shape index (κ1) is 11.9. The van der Waals surface area contributed by atoms with Crippen LogP contribution in [0.4, 0.5) is 13.2 Å². The van der Waals surface area contributed by atoms with Gasteiger partial charge in [-0.25, -0.2) is 0 Å². The fourth-order valence-corrected chi connectivity index (χ4v) is 1.88. The summed E-state index contributed by atoms with van der Waals surface area (Å²) in [5.41, 5.74) is 5.44. The molecule has 1 nitrogen and oxygen atoms in total. The Morgan fingerprint density at radius 1 is 1.00 bits per heavy atom. The van der Waals surface area contributed by atoms with Crippen LogP contribution in [0.3, 0.4) is 0 Å². The number of hydrogen-bond acceptors (Lipinski definition) is 1. The lowest BCUT2D eigenvalue weighted by Crippen LogP contribution is -2.27. The van der Waals surface area contributed by atoms with E-state index in [0.717, 1.165) is 10.8 Å². The van der Waals surface area contributed by atoms with Crippen molar-refractivity contribution in [3.63, 3.8) is 0 Å². The largest absolute Gasteiger partial charge is 0.396 e. The number of nitrogens with two attached hydrogens (primary N) is 1. The van der Waals surface area contributed by atoms with E-state index in [1.807, 2.05) is 12.1 Å². The fourth-order valence-electron chi connectivity index (χ4n) is 1.88. The molecule has 0 spiro atoms. The summed E-state index contributed by atoms with van der Waals surface area (Å²) in [6.45, 7) is -0.429. The molecular formula is C13H12F3N. The van der Waals surface area contributed by atoms with Crippen LogP contribution in [-0.2, 0) is 0 Å². The van der Waals surface area contributed by atoms with Crippen LogP contribution in [0.5, 0.6) is 0 Å². The van der Waals surface area contributed by atoms with E-state index in [1.165, 1.54) is 6.07 Å². The van der Waals surface area contributed by atoms with Crippen LogP contribution in [0.25, 0.3) is 10.8 Å². The van der Waals surface area contributed by atoms with Crippen LogP contribution in [-0.4, -0.2) is 12.7 Å². The van der Waals surface area contributed by atoms with Crippen LogP contribution in [0.15, 0.2) is 42.5 Å². The minimum absolute atomic E-state index is 0.221. The van der Waals surface area contributed by atoms with Crippen molar-refractivity contribution in [1.82, 2.24) is 0 Å². The lowest BCUT2D eigenvalue weighted by atomic mass is 9.96. The zero-order valence-electron chi connectivity index (χ0n) is 9.04. The van der Waals surface area contributed by atoms with E-state index in [1.54, 1.807) is 24.3 Å². The second kappa shape index (κ2) is 4.37. The van der Waals surface area contributed by atoms with Crippen molar-refractivity contribution in [2.75, 3.05) is 6.54 Å². The van der Waals surface area contributed by atoms with Crippen LogP contribution in [0.2, 0.25) is 0 Å². The van der Waals surface area contributed by atoms with Crippen molar-refractivity contribution in [3.05, 3.63) is 48.0 Å². The summed E-state index contributed by atoms with van der Waals surface area (Å²) in [6, 6.07) is 12.1. The van der Waals surface area contributed by atoms with E-state index >= 15 is 0 Å². The molecule has 2 aromatic carbocycles. The van der Waals surface area contributed by atoms with Crippen molar-refractivity contribution >= 4 is 10.8 Å². The van der Waals surface area contributed by atoms with E-state index < -0.39 is 18.6 Å². The number of halogens is 3. The first-order chi connectivity index (χ1) is 8.02. The maximum absolute atomic E-state index is 12.7. The summed E-state index contributed by atoms with van der Waals surface area (Å²) in [5.74, 6) is -1.59. The van der Waals surface area contributed by atoms with E-state index in [0.29, 0.717) is 0 Å². The molecule has 0 saturated heterocycles. The van der Waals surface area contributed by atoms with Crippen LogP contribution >= 0.6 is 0 Å². The Hall–Kier alpha value is -1.55. The molecule has 4 heteroatoms. The number of hydrogen-bond donors (Lipinski definition) is 1. The van der Waals surface area contributed by atoms with Gasteiger partial charge in [-0.05, 0) is 16.3 Å². The molecule has 0 amide bonds. The Balaban J connectivity index is 2.48. The molecule has 0 aromatic heterocycles. The molecule has 0 radical (unpaired) electrons. The van der Waals surface area contributed by atoms with Crippen LogP contribution in [0, 0.1) is 0 Å². The molecule has 1 atom stereocenters. The third-order valence-electron chi connectivity index (χ3n) is 2.81. The molecule has 0 aliphatic heterocycles. The topological polar surface area (TPSA) is 26.0 Å². The van der Waals surface area contributed by atoms with Gasteiger partial charge in [0.2, 0.25) is 0 Å². The SMILES string of the molecule is NCC(c1ccc2ccccc2c1)C(F)(F)F.